The van der Waals surface area contributed by atoms with Crippen LogP contribution in [0.5, 0.6) is 5.75 Å². The van der Waals surface area contributed by atoms with Crippen LogP contribution in [-0.2, 0) is 0 Å². The van der Waals surface area contributed by atoms with Gasteiger partial charge in [-0.25, -0.2) is 0 Å². The molecule has 1 aliphatic heterocycles. The SMILES string of the molecule is CCC1CCCN(CCOc2ccccc2C#N)C1. The van der Waals surface area contributed by atoms with Crippen LogP contribution in [-0.4, -0.2) is 31.1 Å². The highest BCUT2D eigenvalue weighted by Crippen LogP contribution is 2.19. The number of benzene rings is 1. The van der Waals surface area contributed by atoms with Gasteiger partial charge in [0.1, 0.15) is 18.4 Å². The minimum Gasteiger partial charge on any atom is -0.491 e. The maximum absolute atomic E-state index is 8.99. The van der Waals surface area contributed by atoms with E-state index >= 15 is 0 Å². The highest BCUT2D eigenvalue weighted by Gasteiger charge is 2.18. The van der Waals surface area contributed by atoms with Crippen molar-refractivity contribution in [2.75, 3.05) is 26.2 Å². The molecule has 1 saturated heterocycles. The number of rotatable bonds is 5. The molecule has 0 bridgehead atoms. The van der Waals surface area contributed by atoms with Crippen molar-refractivity contribution in [1.29, 1.82) is 5.26 Å². The van der Waals surface area contributed by atoms with Crippen LogP contribution in [0.15, 0.2) is 24.3 Å². The highest BCUT2D eigenvalue weighted by molar-refractivity contribution is 5.42. The molecule has 1 atom stereocenters. The van der Waals surface area contributed by atoms with Crippen molar-refractivity contribution in [3.63, 3.8) is 0 Å². The van der Waals surface area contributed by atoms with Crippen LogP contribution >= 0.6 is 0 Å². The molecule has 1 heterocycles. The van der Waals surface area contributed by atoms with Crippen molar-refractivity contribution in [3.05, 3.63) is 29.8 Å². The number of likely N-dealkylation sites (tertiary alicyclic amines) is 1. The summed E-state index contributed by atoms with van der Waals surface area (Å²) in [7, 11) is 0. The van der Waals surface area contributed by atoms with Gasteiger partial charge in [-0.2, -0.15) is 5.26 Å². The maximum Gasteiger partial charge on any atom is 0.137 e. The van der Waals surface area contributed by atoms with Gasteiger partial charge in [0.25, 0.3) is 0 Å². The summed E-state index contributed by atoms with van der Waals surface area (Å²) in [5, 5.41) is 8.99. The number of nitrogens with zero attached hydrogens (tertiary/aromatic N) is 2. The second kappa shape index (κ2) is 7.16. The van der Waals surface area contributed by atoms with Crippen molar-refractivity contribution < 1.29 is 4.74 Å². The number of piperidine rings is 1. The van der Waals surface area contributed by atoms with Gasteiger partial charge in [-0.1, -0.05) is 25.5 Å². The van der Waals surface area contributed by atoms with Gasteiger partial charge in [0.05, 0.1) is 5.56 Å². The molecule has 0 aromatic heterocycles. The average molecular weight is 258 g/mol. The summed E-state index contributed by atoms with van der Waals surface area (Å²) in [6, 6.07) is 9.59. The monoisotopic (exact) mass is 258 g/mol. The van der Waals surface area contributed by atoms with E-state index in [-0.39, 0.29) is 0 Å². The Bertz CT molecular complexity index is 439. The largest absolute Gasteiger partial charge is 0.491 e. The van der Waals surface area contributed by atoms with Gasteiger partial charge in [-0.05, 0) is 37.4 Å². The van der Waals surface area contributed by atoms with Crippen molar-refractivity contribution in [2.45, 2.75) is 26.2 Å². The molecule has 3 nitrogen and oxygen atoms in total. The van der Waals surface area contributed by atoms with Crippen LogP contribution in [0.2, 0.25) is 0 Å². The lowest BCUT2D eigenvalue weighted by Gasteiger charge is -2.32. The molecule has 0 saturated carbocycles. The molecular formula is C16H22N2O. The quantitative estimate of drug-likeness (QED) is 0.814. The Morgan fingerprint density at radius 3 is 3.05 bits per heavy atom. The van der Waals surface area contributed by atoms with Crippen LogP contribution in [0.1, 0.15) is 31.7 Å². The number of para-hydroxylation sites is 1. The fraction of sp³-hybridized carbons (Fsp3) is 0.562. The fourth-order valence-corrected chi connectivity index (χ4v) is 2.66. The number of nitriles is 1. The molecule has 1 aliphatic rings. The molecule has 1 unspecified atom stereocenters. The second-order valence-corrected chi connectivity index (χ2v) is 5.17. The second-order valence-electron chi connectivity index (χ2n) is 5.17. The van der Waals surface area contributed by atoms with Gasteiger partial charge in [0, 0.05) is 13.1 Å². The van der Waals surface area contributed by atoms with Crippen LogP contribution in [0.4, 0.5) is 0 Å². The van der Waals surface area contributed by atoms with E-state index < -0.39 is 0 Å². The van der Waals surface area contributed by atoms with E-state index in [4.69, 9.17) is 10.00 Å². The molecule has 1 aromatic carbocycles. The van der Waals surface area contributed by atoms with E-state index in [0.717, 1.165) is 12.5 Å². The summed E-state index contributed by atoms with van der Waals surface area (Å²) >= 11 is 0. The van der Waals surface area contributed by atoms with Gasteiger partial charge in [-0.3, -0.25) is 4.90 Å². The Kier molecular flexibility index (Phi) is 5.23. The van der Waals surface area contributed by atoms with E-state index in [1.165, 1.54) is 32.4 Å². The number of ether oxygens (including phenoxy) is 1. The average Bonchev–Trinajstić information content (AvgIpc) is 2.48. The number of hydrogen-bond donors (Lipinski definition) is 0. The first-order valence-corrected chi connectivity index (χ1v) is 7.17. The zero-order valence-electron chi connectivity index (χ0n) is 11.6. The summed E-state index contributed by atoms with van der Waals surface area (Å²) in [5.74, 6) is 1.55. The molecule has 3 heteroatoms. The Morgan fingerprint density at radius 1 is 1.42 bits per heavy atom. The minimum atomic E-state index is 0.618. The lowest BCUT2D eigenvalue weighted by molar-refractivity contribution is 0.145. The van der Waals surface area contributed by atoms with E-state index in [1.807, 2.05) is 18.2 Å². The first-order valence-electron chi connectivity index (χ1n) is 7.17. The van der Waals surface area contributed by atoms with Crippen molar-refractivity contribution >= 4 is 0 Å². The van der Waals surface area contributed by atoms with Crippen molar-refractivity contribution in [1.82, 2.24) is 4.90 Å². The van der Waals surface area contributed by atoms with E-state index in [1.54, 1.807) is 6.07 Å². The summed E-state index contributed by atoms with van der Waals surface area (Å²) in [5.41, 5.74) is 0.618. The zero-order valence-corrected chi connectivity index (χ0v) is 11.6. The lowest BCUT2D eigenvalue weighted by Crippen LogP contribution is -2.37. The summed E-state index contributed by atoms with van der Waals surface area (Å²) in [6.45, 7) is 6.26. The van der Waals surface area contributed by atoms with Gasteiger partial charge in [0.15, 0.2) is 0 Å². The molecule has 0 amide bonds. The molecular weight excluding hydrogens is 236 g/mol. The predicted molar refractivity (Wildman–Crippen MR) is 76.1 cm³/mol. The minimum absolute atomic E-state index is 0.618. The molecule has 1 aromatic rings. The molecule has 0 spiro atoms. The fourth-order valence-electron chi connectivity index (χ4n) is 2.66. The van der Waals surface area contributed by atoms with Gasteiger partial charge in [-0.15, -0.1) is 0 Å². The molecule has 0 radical (unpaired) electrons. The summed E-state index contributed by atoms with van der Waals surface area (Å²) < 4.78 is 5.74. The first kappa shape index (κ1) is 13.9. The van der Waals surface area contributed by atoms with E-state index in [2.05, 4.69) is 17.9 Å². The Labute approximate surface area is 115 Å². The lowest BCUT2D eigenvalue weighted by atomic mass is 9.96. The first-order chi connectivity index (χ1) is 9.33. The third-order valence-corrected chi connectivity index (χ3v) is 3.85. The predicted octanol–water partition coefficient (Wildman–Crippen LogP) is 3.06. The molecule has 1 fully saturated rings. The van der Waals surface area contributed by atoms with Crippen molar-refractivity contribution in [2.24, 2.45) is 5.92 Å². The normalized spacial score (nSPS) is 19.9. The standard InChI is InChI=1S/C16H22N2O/c1-2-14-6-5-9-18(13-14)10-11-19-16-8-4-3-7-15(16)12-17/h3-4,7-8,14H,2,5-6,9-11,13H2,1H3. The third-order valence-electron chi connectivity index (χ3n) is 3.85. The van der Waals surface area contributed by atoms with Gasteiger partial charge in [0.2, 0.25) is 0 Å². The van der Waals surface area contributed by atoms with Gasteiger partial charge < -0.3 is 4.74 Å². The summed E-state index contributed by atoms with van der Waals surface area (Å²) in [4.78, 5) is 2.48. The van der Waals surface area contributed by atoms with Crippen LogP contribution in [0.25, 0.3) is 0 Å². The Hall–Kier alpha value is -1.53. The van der Waals surface area contributed by atoms with E-state index in [0.29, 0.717) is 17.9 Å². The topological polar surface area (TPSA) is 36.3 Å². The molecule has 0 N–H and O–H groups in total. The zero-order chi connectivity index (χ0) is 13.5. The van der Waals surface area contributed by atoms with Gasteiger partial charge >= 0.3 is 0 Å². The number of hydrogen-bond acceptors (Lipinski definition) is 3. The molecule has 0 aliphatic carbocycles. The van der Waals surface area contributed by atoms with Crippen LogP contribution < -0.4 is 4.74 Å². The Morgan fingerprint density at radius 2 is 2.26 bits per heavy atom. The maximum atomic E-state index is 8.99. The molecule has 19 heavy (non-hydrogen) atoms. The summed E-state index contributed by atoms with van der Waals surface area (Å²) in [6.07, 6.45) is 3.94. The van der Waals surface area contributed by atoms with Crippen LogP contribution in [0.3, 0.4) is 0 Å². The van der Waals surface area contributed by atoms with E-state index in [9.17, 15) is 0 Å². The molecule has 102 valence electrons. The Balaban J connectivity index is 1.79. The van der Waals surface area contributed by atoms with Crippen LogP contribution in [0, 0.1) is 17.2 Å². The molecule has 2 rings (SSSR count). The smallest absolute Gasteiger partial charge is 0.137 e. The highest BCUT2D eigenvalue weighted by atomic mass is 16.5. The van der Waals surface area contributed by atoms with Crippen molar-refractivity contribution in [3.8, 4) is 11.8 Å². The third kappa shape index (κ3) is 3.97.